The molecule has 2 aromatic rings. The Bertz CT molecular complexity index is 573. The molecule has 0 fully saturated rings. The smallest absolute Gasteiger partial charge is 0.119 e. The van der Waals surface area contributed by atoms with Crippen LogP contribution in [0.3, 0.4) is 0 Å². The molecule has 0 aromatic heterocycles. The number of rotatable bonds is 6. The van der Waals surface area contributed by atoms with E-state index in [0.29, 0.717) is 12.5 Å². The Kier molecular flexibility index (Phi) is 5.26. The molecule has 2 heteroatoms. The van der Waals surface area contributed by atoms with Gasteiger partial charge in [-0.3, -0.25) is 0 Å². The maximum atomic E-state index is 5.77. The average Bonchev–Trinajstić information content (AvgIpc) is 2.48. The number of anilines is 1. The van der Waals surface area contributed by atoms with Gasteiger partial charge in [-0.2, -0.15) is 0 Å². The van der Waals surface area contributed by atoms with E-state index in [-0.39, 0.29) is 0 Å². The first-order valence-corrected chi connectivity index (χ1v) is 7.61. The summed E-state index contributed by atoms with van der Waals surface area (Å²) in [5.41, 5.74) is 5.15. The third-order valence-corrected chi connectivity index (χ3v) is 3.84. The summed E-state index contributed by atoms with van der Waals surface area (Å²) in [6.07, 6.45) is 0. The van der Waals surface area contributed by atoms with Crippen LogP contribution in [0.2, 0.25) is 0 Å². The van der Waals surface area contributed by atoms with Gasteiger partial charge in [0.25, 0.3) is 0 Å². The number of ether oxygens (including phenoxy) is 1. The van der Waals surface area contributed by atoms with Gasteiger partial charge in [0, 0.05) is 12.2 Å². The highest BCUT2D eigenvalue weighted by Gasteiger charge is 2.01. The van der Waals surface area contributed by atoms with E-state index in [1.807, 2.05) is 12.1 Å². The van der Waals surface area contributed by atoms with Crippen molar-refractivity contribution in [1.29, 1.82) is 0 Å². The first-order valence-electron chi connectivity index (χ1n) is 7.61. The Morgan fingerprint density at radius 2 is 1.71 bits per heavy atom. The van der Waals surface area contributed by atoms with Crippen LogP contribution in [0.1, 0.15) is 36.5 Å². The van der Waals surface area contributed by atoms with E-state index in [2.05, 4.69) is 63.3 Å². The zero-order valence-electron chi connectivity index (χ0n) is 13.4. The van der Waals surface area contributed by atoms with E-state index in [4.69, 9.17) is 4.74 Å². The van der Waals surface area contributed by atoms with E-state index >= 15 is 0 Å². The van der Waals surface area contributed by atoms with Crippen molar-refractivity contribution in [2.24, 2.45) is 0 Å². The summed E-state index contributed by atoms with van der Waals surface area (Å²) in [5.74, 6) is 1.49. The fourth-order valence-corrected chi connectivity index (χ4v) is 2.25. The molecule has 0 aliphatic carbocycles. The van der Waals surface area contributed by atoms with Gasteiger partial charge in [-0.15, -0.1) is 0 Å². The van der Waals surface area contributed by atoms with Gasteiger partial charge in [0.15, 0.2) is 0 Å². The van der Waals surface area contributed by atoms with E-state index in [1.54, 1.807) is 0 Å². The maximum absolute atomic E-state index is 5.77. The molecule has 2 rings (SSSR count). The molecule has 0 amide bonds. The SMILES string of the molecule is Cc1cccc(NCCOc2ccc(C(C)C)cc2)c1C. The summed E-state index contributed by atoms with van der Waals surface area (Å²) in [5, 5.41) is 3.43. The van der Waals surface area contributed by atoms with Crippen molar-refractivity contribution >= 4 is 5.69 Å². The van der Waals surface area contributed by atoms with Crippen LogP contribution in [0.5, 0.6) is 5.75 Å². The van der Waals surface area contributed by atoms with Crippen LogP contribution in [0.25, 0.3) is 0 Å². The monoisotopic (exact) mass is 283 g/mol. The lowest BCUT2D eigenvalue weighted by molar-refractivity contribution is 0.332. The molecule has 0 aliphatic rings. The van der Waals surface area contributed by atoms with Crippen LogP contribution in [-0.2, 0) is 0 Å². The van der Waals surface area contributed by atoms with Gasteiger partial charge >= 0.3 is 0 Å². The molecule has 1 N–H and O–H groups in total. The minimum absolute atomic E-state index is 0.560. The Labute approximate surface area is 128 Å². The van der Waals surface area contributed by atoms with Crippen molar-refractivity contribution in [3.8, 4) is 5.75 Å². The normalized spacial score (nSPS) is 10.7. The lowest BCUT2D eigenvalue weighted by Gasteiger charge is -2.12. The molecule has 0 heterocycles. The summed E-state index contributed by atoms with van der Waals surface area (Å²) < 4.78 is 5.77. The van der Waals surface area contributed by atoms with Gasteiger partial charge in [-0.05, 0) is 54.7 Å². The number of hydrogen-bond acceptors (Lipinski definition) is 2. The first-order chi connectivity index (χ1) is 10.1. The van der Waals surface area contributed by atoms with Gasteiger partial charge < -0.3 is 10.1 Å². The zero-order chi connectivity index (χ0) is 15.2. The summed E-state index contributed by atoms with van der Waals surface area (Å²) in [6.45, 7) is 10.1. The number of hydrogen-bond donors (Lipinski definition) is 1. The molecule has 0 bridgehead atoms. The molecule has 0 saturated carbocycles. The maximum Gasteiger partial charge on any atom is 0.119 e. The zero-order valence-corrected chi connectivity index (χ0v) is 13.4. The molecule has 0 atom stereocenters. The Morgan fingerprint density at radius 1 is 1.00 bits per heavy atom. The van der Waals surface area contributed by atoms with Crippen molar-refractivity contribution in [2.45, 2.75) is 33.6 Å². The fraction of sp³-hybridized carbons (Fsp3) is 0.368. The van der Waals surface area contributed by atoms with Crippen LogP contribution in [0.15, 0.2) is 42.5 Å². The molecule has 2 nitrogen and oxygen atoms in total. The van der Waals surface area contributed by atoms with Gasteiger partial charge in [0.2, 0.25) is 0 Å². The minimum Gasteiger partial charge on any atom is -0.492 e. The van der Waals surface area contributed by atoms with E-state index in [9.17, 15) is 0 Å². The molecule has 21 heavy (non-hydrogen) atoms. The van der Waals surface area contributed by atoms with Crippen molar-refractivity contribution in [2.75, 3.05) is 18.5 Å². The van der Waals surface area contributed by atoms with Crippen LogP contribution >= 0.6 is 0 Å². The molecular weight excluding hydrogens is 258 g/mol. The molecular formula is C19H25NO. The topological polar surface area (TPSA) is 21.3 Å². The molecule has 0 aliphatic heterocycles. The van der Waals surface area contributed by atoms with E-state index in [0.717, 1.165) is 12.3 Å². The third-order valence-electron chi connectivity index (χ3n) is 3.84. The largest absolute Gasteiger partial charge is 0.492 e. The average molecular weight is 283 g/mol. The first kappa shape index (κ1) is 15.4. The van der Waals surface area contributed by atoms with Crippen LogP contribution in [0, 0.1) is 13.8 Å². The lowest BCUT2D eigenvalue weighted by atomic mass is 10.0. The standard InChI is InChI=1S/C19H25NO/c1-14(2)17-8-10-18(11-9-17)21-13-12-20-19-7-5-6-15(3)16(19)4/h5-11,14,20H,12-13H2,1-4H3. The second kappa shape index (κ2) is 7.16. The van der Waals surface area contributed by atoms with Crippen molar-refractivity contribution in [1.82, 2.24) is 0 Å². The van der Waals surface area contributed by atoms with Crippen LogP contribution in [0.4, 0.5) is 5.69 Å². The van der Waals surface area contributed by atoms with E-state index in [1.165, 1.54) is 22.4 Å². The van der Waals surface area contributed by atoms with Gasteiger partial charge in [-0.25, -0.2) is 0 Å². The Hall–Kier alpha value is -1.96. The third kappa shape index (κ3) is 4.25. The predicted octanol–water partition coefficient (Wildman–Crippen LogP) is 4.92. The van der Waals surface area contributed by atoms with Gasteiger partial charge in [0.05, 0.1) is 0 Å². The summed E-state index contributed by atoms with van der Waals surface area (Å²) in [7, 11) is 0. The molecule has 0 radical (unpaired) electrons. The van der Waals surface area contributed by atoms with Crippen molar-refractivity contribution < 1.29 is 4.74 Å². The number of benzene rings is 2. The molecule has 0 unspecified atom stereocenters. The quantitative estimate of drug-likeness (QED) is 0.760. The summed E-state index contributed by atoms with van der Waals surface area (Å²) in [6, 6.07) is 14.7. The number of aryl methyl sites for hydroxylation is 1. The molecule has 0 spiro atoms. The van der Waals surface area contributed by atoms with Gasteiger partial charge in [0.1, 0.15) is 12.4 Å². The number of nitrogens with one attached hydrogen (secondary N) is 1. The predicted molar refractivity (Wildman–Crippen MR) is 90.4 cm³/mol. The highest BCUT2D eigenvalue weighted by molar-refractivity contribution is 5.53. The molecule has 0 saturated heterocycles. The Balaban J connectivity index is 1.80. The summed E-state index contributed by atoms with van der Waals surface area (Å²) in [4.78, 5) is 0. The van der Waals surface area contributed by atoms with Crippen LogP contribution < -0.4 is 10.1 Å². The second-order valence-corrected chi connectivity index (χ2v) is 5.75. The van der Waals surface area contributed by atoms with Crippen molar-refractivity contribution in [3.63, 3.8) is 0 Å². The van der Waals surface area contributed by atoms with E-state index < -0.39 is 0 Å². The second-order valence-electron chi connectivity index (χ2n) is 5.75. The summed E-state index contributed by atoms with van der Waals surface area (Å²) >= 11 is 0. The minimum atomic E-state index is 0.560. The van der Waals surface area contributed by atoms with Crippen LogP contribution in [-0.4, -0.2) is 13.2 Å². The lowest BCUT2D eigenvalue weighted by Crippen LogP contribution is -2.12. The van der Waals surface area contributed by atoms with Gasteiger partial charge in [-0.1, -0.05) is 38.1 Å². The molecule has 112 valence electrons. The molecule has 2 aromatic carbocycles. The Morgan fingerprint density at radius 3 is 2.38 bits per heavy atom. The highest BCUT2D eigenvalue weighted by Crippen LogP contribution is 2.19. The van der Waals surface area contributed by atoms with Crippen molar-refractivity contribution in [3.05, 3.63) is 59.2 Å². The fourth-order valence-electron chi connectivity index (χ4n) is 2.25. The highest BCUT2D eigenvalue weighted by atomic mass is 16.5.